The Labute approximate surface area is 165 Å². The van der Waals surface area contributed by atoms with E-state index >= 15 is 0 Å². The number of aromatic amines is 1. The smallest absolute Gasteiger partial charge is 0.251 e. The minimum atomic E-state index is -0.692. The maximum absolute atomic E-state index is 13.7. The maximum atomic E-state index is 13.7. The standard InChI is InChI=1S/C18H19FN6O.CHNO/c1-11-3-2-4-21-17(11)24-5-7-25(8-6-24)18-22-14-10-12(19)9-13(16(20)26)15(14)23-18;2-1-3/h2-4,9-10H,5-8H2,1H3,(H2,20,26)(H,22,23);2H. The highest BCUT2D eigenvalue weighted by Gasteiger charge is 2.22. The largest absolute Gasteiger partial charge is 0.366 e. The van der Waals surface area contributed by atoms with Crippen molar-refractivity contribution < 1.29 is 14.0 Å². The predicted molar refractivity (Wildman–Crippen MR) is 106 cm³/mol. The molecule has 4 rings (SSSR count). The average Bonchev–Trinajstić information content (AvgIpc) is 3.12. The number of amides is 1. The van der Waals surface area contributed by atoms with Crippen LogP contribution in [0.3, 0.4) is 0 Å². The topological polar surface area (TPSA) is 132 Å². The molecule has 1 aromatic carbocycles. The number of benzene rings is 1. The van der Waals surface area contributed by atoms with E-state index in [1.165, 1.54) is 6.07 Å². The second-order valence-corrected chi connectivity index (χ2v) is 6.49. The number of H-pyrrole nitrogens is 1. The van der Waals surface area contributed by atoms with Crippen LogP contribution in [0.4, 0.5) is 16.2 Å². The van der Waals surface area contributed by atoms with Crippen LogP contribution in [-0.2, 0) is 4.79 Å². The number of anilines is 2. The third kappa shape index (κ3) is 4.22. The third-order valence-corrected chi connectivity index (χ3v) is 4.66. The van der Waals surface area contributed by atoms with Crippen molar-refractivity contribution in [1.29, 1.82) is 5.41 Å². The number of piperazine rings is 1. The summed E-state index contributed by atoms with van der Waals surface area (Å²) in [5.74, 6) is 0.403. The molecule has 0 unspecified atom stereocenters. The van der Waals surface area contributed by atoms with Gasteiger partial charge in [-0.2, -0.15) is 0 Å². The van der Waals surface area contributed by atoms with Gasteiger partial charge in [0.05, 0.1) is 11.1 Å². The Bertz CT molecular complexity index is 1070. The van der Waals surface area contributed by atoms with Gasteiger partial charge < -0.3 is 20.5 Å². The van der Waals surface area contributed by atoms with Gasteiger partial charge in [-0.15, -0.1) is 0 Å². The maximum Gasteiger partial charge on any atom is 0.251 e. The molecule has 0 radical (unpaired) electrons. The molecule has 4 N–H and O–H groups in total. The van der Waals surface area contributed by atoms with Crippen molar-refractivity contribution in [2.45, 2.75) is 6.92 Å². The number of pyridine rings is 1. The molecule has 0 aliphatic carbocycles. The molecular formula is C19H20FN7O2. The number of nitrogens with zero attached hydrogens (tertiary/aromatic N) is 4. The van der Waals surface area contributed by atoms with Crippen LogP contribution in [0, 0.1) is 18.2 Å². The number of aryl methyl sites for hydroxylation is 1. The molecule has 1 amide bonds. The molecule has 0 atom stereocenters. The quantitative estimate of drug-likeness (QED) is 0.455. The lowest BCUT2D eigenvalue weighted by atomic mass is 10.1. The van der Waals surface area contributed by atoms with E-state index in [0.29, 0.717) is 17.0 Å². The number of isocyanates is 1. The van der Waals surface area contributed by atoms with Crippen LogP contribution >= 0.6 is 0 Å². The number of carbonyl (C=O) groups is 1. The van der Waals surface area contributed by atoms with Crippen LogP contribution in [0.2, 0.25) is 0 Å². The fourth-order valence-corrected chi connectivity index (χ4v) is 3.35. The van der Waals surface area contributed by atoms with Crippen LogP contribution in [0.25, 0.3) is 11.0 Å². The Morgan fingerprint density at radius 3 is 2.55 bits per heavy atom. The van der Waals surface area contributed by atoms with Gasteiger partial charge in [0.1, 0.15) is 17.2 Å². The molecule has 1 aliphatic heterocycles. The number of carbonyl (C=O) groups excluding carboxylic acids is 2. The molecule has 1 saturated heterocycles. The van der Waals surface area contributed by atoms with Crippen LogP contribution < -0.4 is 15.5 Å². The Kier molecular flexibility index (Phi) is 5.85. The van der Waals surface area contributed by atoms with Crippen LogP contribution in [0.1, 0.15) is 15.9 Å². The molecule has 2 aromatic heterocycles. The monoisotopic (exact) mass is 397 g/mol. The lowest BCUT2D eigenvalue weighted by Gasteiger charge is -2.35. The van der Waals surface area contributed by atoms with Gasteiger partial charge in [0.2, 0.25) is 12.0 Å². The van der Waals surface area contributed by atoms with Gasteiger partial charge in [-0.05, 0) is 30.7 Å². The summed E-state index contributed by atoms with van der Waals surface area (Å²) < 4.78 is 13.7. The lowest BCUT2D eigenvalue weighted by molar-refractivity contribution is 0.100. The number of aromatic nitrogens is 3. The fraction of sp³-hybridized carbons (Fsp3) is 0.263. The number of primary amides is 1. The fourth-order valence-electron chi connectivity index (χ4n) is 3.35. The van der Waals surface area contributed by atoms with Gasteiger partial charge in [-0.1, -0.05) is 6.07 Å². The van der Waals surface area contributed by atoms with E-state index < -0.39 is 11.7 Å². The van der Waals surface area contributed by atoms with Gasteiger partial charge in [0.15, 0.2) is 0 Å². The second-order valence-electron chi connectivity index (χ2n) is 6.49. The number of fused-ring (bicyclic) bond motifs is 1. The number of hydrogen-bond acceptors (Lipinski definition) is 7. The van der Waals surface area contributed by atoms with Crippen molar-refractivity contribution in [2.75, 3.05) is 36.0 Å². The zero-order valence-electron chi connectivity index (χ0n) is 15.8. The van der Waals surface area contributed by atoms with E-state index in [0.717, 1.165) is 49.7 Å². The summed E-state index contributed by atoms with van der Waals surface area (Å²) in [4.78, 5) is 36.3. The highest BCUT2D eigenvalue weighted by Crippen LogP contribution is 2.24. The van der Waals surface area contributed by atoms with E-state index in [1.807, 2.05) is 19.1 Å². The number of rotatable bonds is 3. The van der Waals surface area contributed by atoms with Gasteiger partial charge in [0, 0.05) is 32.4 Å². The lowest BCUT2D eigenvalue weighted by Crippen LogP contribution is -2.47. The molecule has 3 heterocycles. The summed E-state index contributed by atoms with van der Waals surface area (Å²) in [7, 11) is 0. The Morgan fingerprint density at radius 1 is 1.28 bits per heavy atom. The Morgan fingerprint density at radius 2 is 1.93 bits per heavy atom. The van der Waals surface area contributed by atoms with Crippen LogP contribution in [0.15, 0.2) is 30.5 Å². The average molecular weight is 397 g/mol. The molecule has 3 aromatic rings. The van der Waals surface area contributed by atoms with E-state index in [1.54, 1.807) is 6.20 Å². The van der Waals surface area contributed by atoms with Gasteiger partial charge in [-0.3, -0.25) is 4.79 Å². The van der Waals surface area contributed by atoms with Crippen molar-refractivity contribution in [3.8, 4) is 0 Å². The number of nitrogens with two attached hydrogens (primary N) is 1. The number of nitrogens with one attached hydrogen (secondary N) is 2. The van der Waals surface area contributed by atoms with Crippen LogP contribution in [0.5, 0.6) is 0 Å². The molecule has 9 nitrogen and oxygen atoms in total. The third-order valence-electron chi connectivity index (χ3n) is 4.66. The van der Waals surface area contributed by atoms with Crippen molar-refractivity contribution in [2.24, 2.45) is 5.73 Å². The Hall–Kier alpha value is -3.78. The first-order valence-corrected chi connectivity index (χ1v) is 8.89. The zero-order valence-corrected chi connectivity index (χ0v) is 15.8. The highest BCUT2D eigenvalue weighted by atomic mass is 19.1. The summed E-state index contributed by atoms with van der Waals surface area (Å²) in [6.07, 6.45) is 2.55. The van der Waals surface area contributed by atoms with Crippen molar-refractivity contribution in [1.82, 2.24) is 15.0 Å². The number of halogens is 1. The zero-order chi connectivity index (χ0) is 21.0. The SMILES string of the molecule is Cc1cccnc1N1CCN(c2nc3c(C(N)=O)cc(F)cc3[nH]2)CC1.N=C=O. The molecule has 150 valence electrons. The molecule has 0 bridgehead atoms. The summed E-state index contributed by atoms with van der Waals surface area (Å²) in [5.41, 5.74) is 7.45. The molecule has 29 heavy (non-hydrogen) atoms. The first-order valence-electron chi connectivity index (χ1n) is 8.89. The van der Waals surface area contributed by atoms with Gasteiger partial charge in [0.25, 0.3) is 5.91 Å². The van der Waals surface area contributed by atoms with E-state index in [2.05, 4.69) is 24.8 Å². The Balaban J connectivity index is 0.000000755. The van der Waals surface area contributed by atoms with Gasteiger partial charge in [-0.25, -0.2) is 24.6 Å². The van der Waals surface area contributed by atoms with E-state index in [4.69, 9.17) is 15.9 Å². The minimum Gasteiger partial charge on any atom is -0.366 e. The minimum absolute atomic E-state index is 0.0882. The summed E-state index contributed by atoms with van der Waals surface area (Å²) in [6.45, 7) is 5.13. The van der Waals surface area contributed by atoms with E-state index in [-0.39, 0.29) is 5.56 Å². The van der Waals surface area contributed by atoms with Crippen molar-refractivity contribution in [3.05, 3.63) is 47.4 Å². The predicted octanol–water partition coefficient (Wildman–Crippen LogP) is 1.73. The number of hydrogen-bond donors (Lipinski definition) is 3. The molecule has 1 aliphatic rings. The van der Waals surface area contributed by atoms with Gasteiger partial charge >= 0.3 is 0 Å². The first-order chi connectivity index (χ1) is 13.9. The molecule has 0 saturated carbocycles. The normalized spacial score (nSPS) is 13.6. The molecule has 10 heteroatoms. The second kappa shape index (κ2) is 8.49. The molecule has 1 fully saturated rings. The molecule has 0 spiro atoms. The summed E-state index contributed by atoms with van der Waals surface area (Å²) >= 11 is 0. The summed E-state index contributed by atoms with van der Waals surface area (Å²) in [6, 6.07) is 6.43. The highest BCUT2D eigenvalue weighted by molar-refractivity contribution is 6.04. The molecular weight excluding hydrogens is 377 g/mol. The van der Waals surface area contributed by atoms with Crippen molar-refractivity contribution >= 4 is 34.8 Å². The first kappa shape index (κ1) is 20.0. The van der Waals surface area contributed by atoms with Crippen LogP contribution in [-0.4, -0.2) is 53.1 Å². The van der Waals surface area contributed by atoms with E-state index in [9.17, 15) is 9.18 Å². The van der Waals surface area contributed by atoms with Crippen molar-refractivity contribution in [3.63, 3.8) is 0 Å². The summed E-state index contributed by atoms with van der Waals surface area (Å²) in [5, 5.41) is 5.40. The number of imidazole rings is 1.